The molecule has 1 aliphatic rings. The molecule has 0 radical (unpaired) electrons. The molecule has 7 nitrogen and oxygen atoms in total. The number of anilines is 1. The van der Waals surface area contributed by atoms with Gasteiger partial charge in [-0.3, -0.25) is 13.9 Å². The number of aryl methyl sites for hydroxylation is 1. The van der Waals surface area contributed by atoms with Crippen LogP contribution in [0.15, 0.2) is 82.2 Å². The van der Waals surface area contributed by atoms with E-state index in [1.165, 1.54) is 23.1 Å². The summed E-state index contributed by atoms with van der Waals surface area (Å²) in [5.41, 5.74) is 0.0838. The van der Waals surface area contributed by atoms with Gasteiger partial charge < -0.3 is 10.2 Å². The molecule has 12 heteroatoms. The molecule has 43 heavy (non-hydrogen) atoms. The van der Waals surface area contributed by atoms with Crippen molar-refractivity contribution in [2.75, 3.05) is 10.8 Å². The number of hydrogen-bond acceptors (Lipinski definition) is 4. The van der Waals surface area contributed by atoms with Crippen LogP contribution < -0.4 is 9.62 Å². The Morgan fingerprint density at radius 1 is 1.00 bits per heavy atom. The molecule has 1 atom stereocenters. The van der Waals surface area contributed by atoms with Gasteiger partial charge in [-0.05, 0) is 74.7 Å². The van der Waals surface area contributed by atoms with E-state index in [1.54, 1.807) is 50.2 Å². The van der Waals surface area contributed by atoms with Gasteiger partial charge in [0.25, 0.3) is 10.0 Å². The molecule has 0 spiro atoms. The lowest BCUT2D eigenvalue weighted by Gasteiger charge is -2.32. The van der Waals surface area contributed by atoms with Crippen molar-refractivity contribution in [3.63, 3.8) is 0 Å². The Kier molecular flexibility index (Phi) is 10.2. The van der Waals surface area contributed by atoms with E-state index < -0.39 is 40.3 Å². The number of amides is 2. The Labute approximate surface area is 258 Å². The summed E-state index contributed by atoms with van der Waals surface area (Å²) in [6.07, 6.45) is -1.10. The number of halogens is 4. The maximum atomic E-state index is 14.0. The summed E-state index contributed by atoms with van der Waals surface area (Å²) in [4.78, 5) is 28.4. The molecular weight excluding hydrogens is 647 g/mol. The molecule has 0 aliphatic heterocycles. The Bertz CT molecular complexity index is 1540. The van der Waals surface area contributed by atoms with Gasteiger partial charge in [-0.1, -0.05) is 64.7 Å². The first-order valence-electron chi connectivity index (χ1n) is 13.9. The van der Waals surface area contributed by atoms with Crippen molar-refractivity contribution in [1.29, 1.82) is 0 Å². The van der Waals surface area contributed by atoms with Crippen molar-refractivity contribution in [3.8, 4) is 0 Å². The average Bonchev–Trinajstić information content (AvgIpc) is 3.48. The van der Waals surface area contributed by atoms with E-state index in [4.69, 9.17) is 0 Å². The van der Waals surface area contributed by atoms with Gasteiger partial charge in [0.2, 0.25) is 11.8 Å². The van der Waals surface area contributed by atoms with Crippen LogP contribution in [0.2, 0.25) is 0 Å². The number of carbonyl (C=O) groups excluding carboxylic acids is 2. The van der Waals surface area contributed by atoms with Crippen LogP contribution in [0.5, 0.6) is 0 Å². The molecule has 1 fully saturated rings. The van der Waals surface area contributed by atoms with Crippen LogP contribution in [0.1, 0.15) is 49.3 Å². The van der Waals surface area contributed by atoms with Gasteiger partial charge in [0, 0.05) is 17.1 Å². The predicted octanol–water partition coefficient (Wildman–Crippen LogP) is 6.45. The van der Waals surface area contributed by atoms with Crippen LogP contribution in [-0.2, 0) is 32.3 Å². The molecule has 1 aliphatic carbocycles. The Morgan fingerprint density at radius 3 is 2.23 bits per heavy atom. The lowest BCUT2D eigenvalue weighted by atomic mass is 10.1. The van der Waals surface area contributed by atoms with Crippen molar-refractivity contribution in [2.45, 2.75) is 69.2 Å². The molecule has 0 bridgehead atoms. The molecule has 1 N–H and O–H groups in total. The van der Waals surface area contributed by atoms with Crippen LogP contribution in [0.25, 0.3) is 0 Å². The van der Waals surface area contributed by atoms with Gasteiger partial charge in [-0.2, -0.15) is 13.2 Å². The Morgan fingerprint density at radius 2 is 1.63 bits per heavy atom. The molecule has 0 saturated heterocycles. The molecule has 0 unspecified atom stereocenters. The second-order valence-corrected chi connectivity index (χ2v) is 13.5. The van der Waals surface area contributed by atoms with Gasteiger partial charge >= 0.3 is 6.18 Å². The molecule has 0 aromatic heterocycles. The van der Waals surface area contributed by atoms with Crippen LogP contribution in [0, 0.1) is 6.92 Å². The number of carbonyl (C=O) groups is 2. The van der Waals surface area contributed by atoms with E-state index in [9.17, 15) is 31.2 Å². The highest BCUT2D eigenvalue weighted by Gasteiger charge is 2.35. The summed E-state index contributed by atoms with van der Waals surface area (Å²) in [7, 11) is -4.49. The summed E-state index contributed by atoms with van der Waals surface area (Å²) in [5.74, 6) is -1.13. The topological polar surface area (TPSA) is 86.8 Å². The van der Waals surface area contributed by atoms with Gasteiger partial charge in [0.1, 0.15) is 12.6 Å². The Hall–Kier alpha value is -3.38. The highest BCUT2D eigenvalue weighted by atomic mass is 79.9. The zero-order valence-electron chi connectivity index (χ0n) is 23.8. The second-order valence-electron chi connectivity index (χ2n) is 10.7. The number of benzene rings is 3. The van der Waals surface area contributed by atoms with Crippen LogP contribution in [-0.4, -0.2) is 43.8 Å². The van der Waals surface area contributed by atoms with E-state index in [2.05, 4.69) is 21.2 Å². The van der Waals surface area contributed by atoms with Crippen LogP contribution in [0.4, 0.5) is 18.9 Å². The van der Waals surface area contributed by atoms with E-state index in [-0.39, 0.29) is 29.1 Å². The predicted molar refractivity (Wildman–Crippen MR) is 162 cm³/mol. The number of nitrogens with one attached hydrogen (secondary N) is 1. The van der Waals surface area contributed by atoms with Crippen molar-refractivity contribution in [3.05, 3.63) is 94.0 Å². The number of alkyl halides is 3. The summed E-state index contributed by atoms with van der Waals surface area (Å²) in [6.45, 7) is 2.48. The first-order valence-corrected chi connectivity index (χ1v) is 16.1. The van der Waals surface area contributed by atoms with Crippen molar-refractivity contribution in [1.82, 2.24) is 10.2 Å². The molecular formula is C31H33BrF3N3O4S. The highest BCUT2D eigenvalue weighted by Crippen LogP contribution is 2.33. The van der Waals surface area contributed by atoms with Gasteiger partial charge in [-0.15, -0.1) is 0 Å². The summed E-state index contributed by atoms with van der Waals surface area (Å²) in [5, 5.41) is 2.98. The number of sulfonamides is 1. The third kappa shape index (κ3) is 8.17. The number of hydrogen-bond donors (Lipinski definition) is 1. The molecule has 3 aromatic carbocycles. The van der Waals surface area contributed by atoms with Gasteiger partial charge in [-0.25, -0.2) is 8.42 Å². The molecule has 2 amide bonds. The van der Waals surface area contributed by atoms with Crippen molar-refractivity contribution in [2.24, 2.45) is 0 Å². The molecule has 230 valence electrons. The zero-order valence-corrected chi connectivity index (χ0v) is 26.2. The normalized spacial score (nSPS) is 14.7. The quantitative estimate of drug-likeness (QED) is 0.267. The minimum Gasteiger partial charge on any atom is -0.352 e. The summed E-state index contributed by atoms with van der Waals surface area (Å²) >= 11 is 3.37. The third-order valence-corrected chi connectivity index (χ3v) is 9.80. The zero-order chi connectivity index (χ0) is 31.4. The lowest BCUT2D eigenvalue weighted by molar-refractivity contribution is -0.139. The second kappa shape index (κ2) is 13.5. The molecule has 3 aromatic rings. The SMILES string of the molecule is Cc1ccc(S(=O)(=O)N(CC(=O)N(Cc2ccc(Br)cc2)[C@@H](C)C(=O)NC2CCCC2)c2cccc(C(F)(F)F)c2)cc1. The van der Waals surface area contributed by atoms with Crippen LogP contribution in [0.3, 0.4) is 0 Å². The Balaban J connectivity index is 1.73. The third-order valence-electron chi connectivity index (χ3n) is 7.48. The first-order chi connectivity index (χ1) is 20.3. The fourth-order valence-corrected chi connectivity index (χ4v) is 6.63. The van der Waals surface area contributed by atoms with E-state index in [1.807, 2.05) is 0 Å². The summed E-state index contributed by atoms with van der Waals surface area (Å²) < 4.78 is 70.1. The van der Waals surface area contributed by atoms with Crippen molar-refractivity contribution >= 4 is 43.5 Å². The van der Waals surface area contributed by atoms with Crippen molar-refractivity contribution < 1.29 is 31.2 Å². The molecule has 1 saturated carbocycles. The van der Waals surface area contributed by atoms with E-state index >= 15 is 0 Å². The van der Waals surface area contributed by atoms with E-state index in [0.717, 1.165) is 47.9 Å². The number of nitrogens with zero attached hydrogens (tertiary/aromatic N) is 2. The maximum absolute atomic E-state index is 14.0. The monoisotopic (exact) mass is 679 g/mol. The average molecular weight is 681 g/mol. The smallest absolute Gasteiger partial charge is 0.352 e. The summed E-state index contributed by atoms with van der Waals surface area (Å²) in [6, 6.07) is 15.7. The highest BCUT2D eigenvalue weighted by molar-refractivity contribution is 9.10. The number of rotatable bonds is 10. The fourth-order valence-electron chi connectivity index (χ4n) is 4.96. The standard InChI is InChI=1S/C31H33BrF3N3O4S/c1-21-10-16-28(17-11-21)43(41,42)38(27-9-5-6-24(18-27)31(33,34)35)20-29(39)37(19-23-12-14-25(32)15-13-23)22(2)30(40)36-26-7-3-4-8-26/h5-6,9-18,22,26H,3-4,7-8,19-20H2,1-2H3,(H,36,40)/t22-/m0/s1. The van der Waals surface area contributed by atoms with Crippen LogP contribution >= 0.6 is 15.9 Å². The largest absolute Gasteiger partial charge is 0.416 e. The van der Waals surface area contributed by atoms with E-state index in [0.29, 0.717) is 15.9 Å². The minimum atomic E-state index is -4.74. The fraction of sp³-hybridized carbons (Fsp3) is 0.355. The lowest BCUT2D eigenvalue weighted by Crippen LogP contribution is -2.52. The maximum Gasteiger partial charge on any atom is 0.416 e. The van der Waals surface area contributed by atoms with Gasteiger partial charge in [0.15, 0.2) is 0 Å². The molecule has 0 heterocycles. The first kappa shape index (κ1) is 32.5. The minimum absolute atomic E-state index is 0.0110. The molecule has 4 rings (SSSR count). The van der Waals surface area contributed by atoms with Gasteiger partial charge in [0.05, 0.1) is 16.1 Å².